The maximum Gasteiger partial charge on any atom is 0.341 e. The molecule has 1 unspecified atom stereocenters. The summed E-state index contributed by atoms with van der Waals surface area (Å²) in [7, 11) is 0. The van der Waals surface area contributed by atoms with Crippen LogP contribution >= 0.6 is 0 Å². The van der Waals surface area contributed by atoms with Crippen molar-refractivity contribution in [1.82, 2.24) is 14.8 Å². The Kier molecular flexibility index (Phi) is 4.55. The van der Waals surface area contributed by atoms with E-state index in [2.05, 4.69) is 20.1 Å². The predicted molar refractivity (Wildman–Crippen MR) is 98.0 cm³/mol. The molecule has 0 radical (unpaired) electrons. The average molecular weight is 340 g/mol. The van der Waals surface area contributed by atoms with Gasteiger partial charge in [0.05, 0.1) is 17.8 Å². The van der Waals surface area contributed by atoms with Gasteiger partial charge in [-0.15, -0.1) is 0 Å². The molecule has 2 bridgehead atoms. The maximum absolute atomic E-state index is 12.4. The molecule has 25 heavy (non-hydrogen) atoms. The number of benzene rings is 1. The van der Waals surface area contributed by atoms with Gasteiger partial charge in [-0.1, -0.05) is 18.2 Å². The van der Waals surface area contributed by atoms with Crippen molar-refractivity contribution in [2.75, 3.05) is 51.2 Å². The van der Waals surface area contributed by atoms with Gasteiger partial charge in [0.2, 0.25) is 0 Å². The third-order valence-corrected chi connectivity index (χ3v) is 5.18. The number of nitrogens with zero attached hydrogens (tertiary/aromatic N) is 3. The first-order chi connectivity index (χ1) is 12.3. The van der Waals surface area contributed by atoms with Gasteiger partial charge in [0.1, 0.15) is 5.56 Å². The number of hydrogen-bond donors (Lipinski definition) is 1. The molecule has 0 aliphatic carbocycles. The topological polar surface area (TPSA) is 57.7 Å². The van der Waals surface area contributed by atoms with E-state index in [0.717, 1.165) is 42.8 Å². The lowest BCUT2D eigenvalue weighted by molar-refractivity contribution is 0.0189. The summed E-state index contributed by atoms with van der Waals surface area (Å²) in [4.78, 5) is 21.8. The number of nitrogens with one attached hydrogen (secondary N) is 1. The minimum absolute atomic E-state index is 0.322. The van der Waals surface area contributed by atoms with E-state index < -0.39 is 0 Å². The van der Waals surface area contributed by atoms with E-state index in [-0.39, 0.29) is 5.97 Å². The van der Waals surface area contributed by atoms with E-state index in [1.165, 1.54) is 13.1 Å². The standard InChI is InChI=1S/C19H24N4O2/c1-2-25-19(24)16-12-20-17-6-4-3-5-15(17)18(16)21-11-14-13-22-7-9-23(14)10-8-22/h3-6,12,14H,2,7-11,13H2,1H3,(H,20,21). The molecular weight excluding hydrogens is 316 g/mol. The van der Waals surface area contributed by atoms with E-state index in [4.69, 9.17) is 4.74 Å². The van der Waals surface area contributed by atoms with Gasteiger partial charge in [-0.3, -0.25) is 14.8 Å². The molecule has 3 aliphatic heterocycles. The van der Waals surface area contributed by atoms with Crippen molar-refractivity contribution in [3.8, 4) is 0 Å². The number of rotatable bonds is 5. The summed E-state index contributed by atoms with van der Waals surface area (Å²) in [6.45, 7) is 8.69. The Balaban J connectivity index is 1.62. The molecular formula is C19H24N4O2. The fraction of sp³-hybridized carbons (Fsp3) is 0.474. The van der Waals surface area contributed by atoms with Crippen LogP contribution in [0.3, 0.4) is 0 Å². The highest BCUT2D eigenvalue weighted by molar-refractivity contribution is 6.04. The Morgan fingerprint density at radius 2 is 2.08 bits per heavy atom. The number of hydrogen-bond acceptors (Lipinski definition) is 6. The highest BCUT2D eigenvalue weighted by atomic mass is 16.5. The molecule has 3 fully saturated rings. The van der Waals surface area contributed by atoms with Gasteiger partial charge in [0.15, 0.2) is 0 Å². The van der Waals surface area contributed by atoms with Gasteiger partial charge in [-0.2, -0.15) is 0 Å². The van der Waals surface area contributed by atoms with Gasteiger partial charge in [0, 0.05) is 56.9 Å². The number of ether oxygens (including phenoxy) is 1. The molecule has 1 N–H and O–H groups in total. The van der Waals surface area contributed by atoms with Crippen LogP contribution in [0, 0.1) is 0 Å². The average Bonchev–Trinajstić information content (AvgIpc) is 2.67. The maximum atomic E-state index is 12.4. The number of carbonyl (C=O) groups excluding carboxylic acids is 1. The number of esters is 1. The summed E-state index contributed by atoms with van der Waals surface area (Å²) in [5.41, 5.74) is 2.23. The molecule has 3 aliphatic rings. The summed E-state index contributed by atoms with van der Waals surface area (Å²) in [5, 5.41) is 4.50. The molecule has 0 spiro atoms. The van der Waals surface area contributed by atoms with Gasteiger partial charge in [-0.25, -0.2) is 4.79 Å². The molecule has 132 valence electrons. The molecule has 1 aromatic heterocycles. The van der Waals surface area contributed by atoms with Gasteiger partial charge in [0.25, 0.3) is 0 Å². The number of fused-ring (bicyclic) bond motifs is 4. The first-order valence-corrected chi connectivity index (χ1v) is 9.01. The van der Waals surface area contributed by atoms with E-state index in [1.807, 2.05) is 31.2 Å². The van der Waals surface area contributed by atoms with Gasteiger partial charge >= 0.3 is 5.97 Å². The van der Waals surface area contributed by atoms with Gasteiger partial charge < -0.3 is 10.1 Å². The van der Waals surface area contributed by atoms with Crippen molar-refractivity contribution in [2.24, 2.45) is 0 Å². The molecule has 4 heterocycles. The van der Waals surface area contributed by atoms with Crippen LogP contribution in [0.25, 0.3) is 10.9 Å². The van der Waals surface area contributed by atoms with Gasteiger partial charge in [-0.05, 0) is 13.0 Å². The predicted octanol–water partition coefficient (Wildman–Crippen LogP) is 1.82. The second-order valence-electron chi connectivity index (χ2n) is 6.66. The Morgan fingerprint density at radius 3 is 2.80 bits per heavy atom. The lowest BCUT2D eigenvalue weighted by Gasteiger charge is -2.47. The van der Waals surface area contributed by atoms with Crippen LogP contribution in [0.4, 0.5) is 5.69 Å². The zero-order chi connectivity index (χ0) is 17.2. The van der Waals surface area contributed by atoms with Crippen LogP contribution in [0.1, 0.15) is 17.3 Å². The first kappa shape index (κ1) is 16.3. The number of para-hydroxylation sites is 1. The summed E-state index contributed by atoms with van der Waals surface area (Å²) >= 11 is 0. The van der Waals surface area contributed by atoms with Crippen LogP contribution in [-0.2, 0) is 4.74 Å². The number of piperazine rings is 3. The SMILES string of the molecule is CCOC(=O)c1cnc2ccccc2c1NCC1CN2CCN1CC2. The summed E-state index contributed by atoms with van der Waals surface area (Å²) in [5.74, 6) is -0.322. The highest BCUT2D eigenvalue weighted by Gasteiger charge is 2.31. The summed E-state index contributed by atoms with van der Waals surface area (Å²) in [6, 6.07) is 8.38. The minimum Gasteiger partial charge on any atom is -0.462 e. The fourth-order valence-electron chi connectivity index (χ4n) is 3.83. The van der Waals surface area contributed by atoms with Crippen molar-refractivity contribution < 1.29 is 9.53 Å². The van der Waals surface area contributed by atoms with E-state index in [9.17, 15) is 4.79 Å². The van der Waals surface area contributed by atoms with Crippen LogP contribution in [0.15, 0.2) is 30.5 Å². The Labute approximate surface area is 147 Å². The monoisotopic (exact) mass is 340 g/mol. The normalized spacial score (nSPS) is 25.1. The van der Waals surface area contributed by atoms with Crippen molar-refractivity contribution in [3.05, 3.63) is 36.0 Å². The van der Waals surface area contributed by atoms with Crippen LogP contribution < -0.4 is 5.32 Å². The molecule has 6 nitrogen and oxygen atoms in total. The van der Waals surface area contributed by atoms with E-state index >= 15 is 0 Å². The van der Waals surface area contributed by atoms with Crippen molar-refractivity contribution in [3.63, 3.8) is 0 Å². The Bertz CT molecular complexity index is 771. The number of pyridine rings is 1. The smallest absolute Gasteiger partial charge is 0.341 e. The van der Waals surface area contributed by atoms with Crippen molar-refractivity contribution >= 4 is 22.6 Å². The summed E-state index contributed by atoms with van der Waals surface area (Å²) in [6.07, 6.45) is 1.62. The lowest BCUT2D eigenvalue weighted by Crippen LogP contribution is -2.62. The largest absolute Gasteiger partial charge is 0.462 e. The number of carbonyl (C=O) groups is 1. The molecule has 2 aromatic rings. The minimum atomic E-state index is -0.322. The highest BCUT2D eigenvalue weighted by Crippen LogP contribution is 2.27. The van der Waals surface area contributed by atoms with E-state index in [1.54, 1.807) is 6.20 Å². The third kappa shape index (κ3) is 3.19. The zero-order valence-electron chi connectivity index (χ0n) is 14.6. The second-order valence-corrected chi connectivity index (χ2v) is 6.66. The molecule has 3 saturated heterocycles. The van der Waals surface area contributed by atoms with Crippen LogP contribution in [0.5, 0.6) is 0 Å². The fourth-order valence-corrected chi connectivity index (χ4v) is 3.83. The quantitative estimate of drug-likeness (QED) is 0.838. The molecule has 5 rings (SSSR count). The zero-order valence-corrected chi connectivity index (χ0v) is 14.6. The molecule has 0 amide bonds. The third-order valence-electron chi connectivity index (χ3n) is 5.18. The van der Waals surface area contributed by atoms with Crippen LogP contribution in [0.2, 0.25) is 0 Å². The number of aromatic nitrogens is 1. The summed E-state index contributed by atoms with van der Waals surface area (Å²) < 4.78 is 5.22. The molecule has 0 saturated carbocycles. The molecule has 1 aromatic carbocycles. The first-order valence-electron chi connectivity index (χ1n) is 9.01. The Hall–Kier alpha value is -2.18. The second kappa shape index (κ2) is 6.98. The Morgan fingerprint density at radius 1 is 1.28 bits per heavy atom. The van der Waals surface area contributed by atoms with Crippen molar-refractivity contribution in [2.45, 2.75) is 13.0 Å². The van der Waals surface area contributed by atoms with E-state index in [0.29, 0.717) is 18.2 Å². The molecule has 1 atom stereocenters. The van der Waals surface area contributed by atoms with Crippen molar-refractivity contribution in [1.29, 1.82) is 0 Å². The molecule has 6 heteroatoms. The number of anilines is 1. The lowest BCUT2D eigenvalue weighted by atomic mass is 10.1. The van der Waals surface area contributed by atoms with Crippen LogP contribution in [-0.4, -0.2) is 72.7 Å².